The molecule has 0 saturated carbocycles. The lowest BCUT2D eigenvalue weighted by atomic mass is 10.0. The fourth-order valence-corrected chi connectivity index (χ4v) is 3.78. The summed E-state index contributed by atoms with van der Waals surface area (Å²) in [6.07, 6.45) is 2.99. The Kier molecular flexibility index (Phi) is 6.05. The first-order chi connectivity index (χ1) is 15.9. The summed E-state index contributed by atoms with van der Waals surface area (Å²) >= 11 is 0. The molecule has 0 aliphatic carbocycles. The van der Waals surface area contributed by atoms with Gasteiger partial charge in [-0.25, -0.2) is 9.69 Å². The molecule has 168 valence electrons. The van der Waals surface area contributed by atoms with Gasteiger partial charge in [0.25, 0.3) is 11.8 Å². The highest BCUT2D eigenvalue weighted by molar-refractivity contribution is 6.39. The molecule has 9 heteroatoms. The number of hydrogen-bond donors (Lipinski definition) is 1. The Bertz CT molecular complexity index is 1280. The average molecular weight is 447 g/mol. The minimum Gasteiger partial charge on any atom is -0.480 e. The molecule has 3 aromatic rings. The molecule has 1 aromatic heterocycles. The number of aromatic nitrogens is 1. The van der Waals surface area contributed by atoms with E-state index in [2.05, 4.69) is 0 Å². The number of barbiturate groups is 1. The first kappa shape index (κ1) is 22.0. The standard InChI is InChI=1S/C24H21N3O6/c1-33-12-11-26-22(30)19(23(31)27(24(26)32)17-7-3-2-4-8-17)13-16-14-25(15-21(28)29)20-10-6-5-9-18(16)20/h2-10,13-14H,11-12,15H2,1H3,(H,28,29)/b19-13-. The molecule has 0 radical (unpaired) electrons. The zero-order chi connectivity index (χ0) is 23.5. The Morgan fingerprint density at radius 3 is 2.39 bits per heavy atom. The average Bonchev–Trinajstić information content (AvgIpc) is 3.14. The van der Waals surface area contributed by atoms with Crippen LogP contribution in [0.4, 0.5) is 10.5 Å². The first-order valence-electron chi connectivity index (χ1n) is 10.2. The molecule has 9 nitrogen and oxygen atoms in total. The number of carbonyl (C=O) groups is 4. The number of amides is 4. The summed E-state index contributed by atoms with van der Waals surface area (Å²) in [5.41, 5.74) is 1.28. The van der Waals surface area contributed by atoms with Gasteiger partial charge < -0.3 is 14.4 Å². The molecule has 33 heavy (non-hydrogen) atoms. The molecule has 0 atom stereocenters. The van der Waals surface area contributed by atoms with E-state index >= 15 is 0 Å². The maximum atomic E-state index is 13.3. The van der Waals surface area contributed by atoms with Crippen molar-refractivity contribution in [2.45, 2.75) is 6.54 Å². The van der Waals surface area contributed by atoms with Gasteiger partial charge in [0.2, 0.25) is 0 Å². The van der Waals surface area contributed by atoms with E-state index in [0.29, 0.717) is 22.2 Å². The Labute approximate surface area is 189 Å². The lowest BCUT2D eigenvalue weighted by molar-refractivity contribution is -0.137. The van der Waals surface area contributed by atoms with Gasteiger partial charge in [-0.3, -0.25) is 19.3 Å². The summed E-state index contributed by atoms with van der Waals surface area (Å²) in [6.45, 7) is -0.192. The molecule has 1 aliphatic heterocycles. The largest absolute Gasteiger partial charge is 0.480 e. The fourth-order valence-electron chi connectivity index (χ4n) is 3.78. The molecule has 2 aromatic carbocycles. The van der Waals surface area contributed by atoms with Crippen molar-refractivity contribution in [1.82, 2.24) is 9.47 Å². The van der Waals surface area contributed by atoms with Crippen LogP contribution in [0.3, 0.4) is 0 Å². The van der Waals surface area contributed by atoms with Gasteiger partial charge in [-0.1, -0.05) is 36.4 Å². The number of anilines is 1. The van der Waals surface area contributed by atoms with Crippen LogP contribution in [0.2, 0.25) is 0 Å². The number of carboxylic acid groups (broad SMARTS) is 1. The van der Waals surface area contributed by atoms with Gasteiger partial charge in [0, 0.05) is 29.8 Å². The van der Waals surface area contributed by atoms with E-state index in [4.69, 9.17) is 4.74 Å². The van der Waals surface area contributed by atoms with Gasteiger partial charge in [0.1, 0.15) is 12.1 Å². The van der Waals surface area contributed by atoms with E-state index in [9.17, 15) is 24.3 Å². The van der Waals surface area contributed by atoms with Crippen molar-refractivity contribution in [3.63, 3.8) is 0 Å². The lowest BCUT2D eigenvalue weighted by Gasteiger charge is -2.33. The number of fused-ring (bicyclic) bond motifs is 1. The Morgan fingerprint density at radius 1 is 1.00 bits per heavy atom. The maximum absolute atomic E-state index is 13.3. The summed E-state index contributed by atoms with van der Waals surface area (Å²) < 4.78 is 6.56. The predicted octanol–water partition coefficient (Wildman–Crippen LogP) is 2.75. The molecule has 0 unspecified atom stereocenters. The van der Waals surface area contributed by atoms with Gasteiger partial charge in [-0.15, -0.1) is 0 Å². The number of benzene rings is 2. The molecule has 1 saturated heterocycles. The van der Waals surface area contributed by atoms with E-state index in [1.165, 1.54) is 17.8 Å². The summed E-state index contributed by atoms with van der Waals surface area (Å²) in [5, 5.41) is 9.92. The van der Waals surface area contributed by atoms with Crippen molar-refractivity contribution in [1.29, 1.82) is 0 Å². The molecule has 0 spiro atoms. The summed E-state index contributed by atoms with van der Waals surface area (Å²) in [4.78, 5) is 52.8. The second-order valence-electron chi connectivity index (χ2n) is 7.39. The molecule has 0 bridgehead atoms. The monoisotopic (exact) mass is 447 g/mol. The second-order valence-corrected chi connectivity index (χ2v) is 7.39. The van der Waals surface area contributed by atoms with Crippen LogP contribution < -0.4 is 4.90 Å². The summed E-state index contributed by atoms with van der Waals surface area (Å²) in [5.74, 6) is -2.50. The number of carbonyl (C=O) groups excluding carboxylic acids is 3. The second kappa shape index (κ2) is 9.09. The third-order valence-corrected chi connectivity index (χ3v) is 5.29. The van der Waals surface area contributed by atoms with Crippen LogP contribution in [0.25, 0.3) is 17.0 Å². The van der Waals surface area contributed by atoms with E-state index in [1.807, 2.05) is 0 Å². The van der Waals surface area contributed by atoms with Crippen LogP contribution in [0, 0.1) is 0 Å². The molecule has 1 aliphatic rings. The molecule has 4 rings (SSSR count). The SMILES string of the molecule is COCCN1C(=O)/C(=C/c2cn(CC(=O)O)c3ccccc23)C(=O)N(c2ccccc2)C1=O. The van der Waals surface area contributed by atoms with Crippen LogP contribution in [-0.2, 0) is 25.7 Å². The highest BCUT2D eigenvalue weighted by Crippen LogP contribution is 2.28. The van der Waals surface area contributed by atoms with Crippen LogP contribution in [-0.4, -0.2) is 58.6 Å². The van der Waals surface area contributed by atoms with E-state index < -0.39 is 23.8 Å². The normalized spacial score (nSPS) is 15.7. The lowest BCUT2D eigenvalue weighted by Crippen LogP contribution is -2.57. The first-order valence-corrected chi connectivity index (χ1v) is 10.2. The molecular formula is C24H21N3O6. The number of nitrogens with zero attached hydrogens (tertiary/aromatic N) is 3. The zero-order valence-electron chi connectivity index (χ0n) is 17.8. The smallest absolute Gasteiger partial charge is 0.338 e. The summed E-state index contributed by atoms with van der Waals surface area (Å²) in [7, 11) is 1.45. The van der Waals surface area contributed by atoms with Crippen LogP contribution in [0.15, 0.2) is 66.4 Å². The molecule has 2 heterocycles. The highest BCUT2D eigenvalue weighted by Gasteiger charge is 2.42. The molecule has 1 N–H and O–H groups in total. The highest BCUT2D eigenvalue weighted by atomic mass is 16.5. The van der Waals surface area contributed by atoms with Crippen molar-refractivity contribution >= 4 is 46.5 Å². The van der Waals surface area contributed by atoms with E-state index in [1.54, 1.807) is 60.8 Å². The Morgan fingerprint density at radius 2 is 1.70 bits per heavy atom. The fraction of sp³-hybridized carbons (Fsp3) is 0.167. The van der Waals surface area contributed by atoms with Crippen molar-refractivity contribution in [2.24, 2.45) is 0 Å². The topological polar surface area (TPSA) is 109 Å². The summed E-state index contributed by atoms with van der Waals surface area (Å²) in [6, 6.07) is 14.7. The number of carboxylic acids is 1. The third-order valence-electron chi connectivity index (χ3n) is 5.29. The van der Waals surface area contributed by atoms with Crippen molar-refractivity contribution in [2.75, 3.05) is 25.2 Å². The minimum atomic E-state index is -1.02. The third kappa shape index (κ3) is 4.13. The van der Waals surface area contributed by atoms with Crippen LogP contribution in [0.1, 0.15) is 5.56 Å². The van der Waals surface area contributed by atoms with Crippen molar-refractivity contribution < 1.29 is 29.0 Å². The quantitative estimate of drug-likeness (QED) is 0.441. The molecule has 1 fully saturated rings. The number of imide groups is 2. The minimum absolute atomic E-state index is 0.0249. The Hall–Kier alpha value is -4.24. The van der Waals surface area contributed by atoms with Crippen LogP contribution >= 0.6 is 0 Å². The van der Waals surface area contributed by atoms with Crippen molar-refractivity contribution in [3.8, 4) is 0 Å². The number of hydrogen-bond acceptors (Lipinski definition) is 5. The number of urea groups is 1. The van der Waals surface area contributed by atoms with Crippen molar-refractivity contribution in [3.05, 3.63) is 71.9 Å². The Balaban J connectivity index is 1.84. The molecule has 4 amide bonds. The van der Waals surface area contributed by atoms with Gasteiger partial charge in [-0.05, 0) is 24.3 Å². The number of para-hydroxylation sites is 2. The number of rotatable bonds is 7. The maximum Gasteiger partial charge on any atom is 0.338 e. The molecular weight excluding hydrogens is 426 g/mol. The number of ether oxygens (including phenoxy) is 1. The number of methoxy groups -OCH3 is 1. The van der Waals surface area contributed by atoms with Gasteiger partial charge in [0.15, 0.2) is 0 Å². The zero-order valence-corrected chi connectivity index (χ0v) is 17.8. The number of aliphatic carboxylic acids is 1. The van der Waals surface area contributed by atoms with Gasteiger partial charge in [-0.2, -0.15) is 0 Å². The van der Waals surface area contributed by atoms with Crippen LogP contribution in [0.5, 0.6) is 0 Å². The predicted molar refractivity (Wildman–Crippen MR) is 120 cm³/mol. The van der Waals surface area contributed by atoms with E-state index in [-0.39, 0.29) is 25.3 Å². The van der Waals surface area contributed by atoms with Gasteiger partial charge >= 0.3 is 12.0 Å². The van der Waals surface area contributed by atoms with Gasteiger partial charge in [0.05, 0.1) is 18.8 Å². The van der Waals surface area contributed by atoms with E-state index in [0.717, 1.165) is 9.80 Å².